The molecule has 0 aliphatic carbocycles. The second-order valence-electron chi connectivity index (χ2n) is 11.4. The van der Waals surface area contributed by atoms with Crippen LogP contribution in [-0.4, -0.2) is 3.21 Å². The van der Waals surface area contributed by atoms with Gasteiger partial charge in [0.05, 0.1) is 0 Å². The first-order valence-electron chi connectivity index (χ1n) is 14.5. The van der Waals surface area contributed by atoms with Gasteiger partial charge >= 0.3 is 99.2 Å². The Bertz CT molecular complexity index is 1770. The van der Waals surface area contributed by atoms with E-state index in [0.29, 0.717) is 0 Å². The van der Waals surface area contributed by atoms with Gasteiger partial charge < -0.3 is 24.8 Å². The summed E-state index contributed by atoms with van der Waals surface area (Å²) in [5, 5.41) is 5.39. The van der Waals surface area contributed by atoms with Crippen LogP contribution in [0, 0.1) is 0 Å². The minimum atomic E-state index is 0. The van der Waals surface area contributed by atoms with E-state index in [0.717, 1.165) is 0 Å². The van der Waals surface area contributed by atoms with Gasteiger partial charge in [-0.05, 0) is 5.41 Å². The smallest absolute Gasteiger partial charge is 0.0771 e. The molecule has 3 heteroatoms. The molecule has 7 rings (SSSR count). The van der Waals surface area contributed by atoms with Gasteiger partial charge in [-0.2, -0.15) is 18.2 Å². The van der Waals surface area contributed by atoms with Gasteiger partial charge in [0, 0.05) is 0 Å². The van der Waals surface area contributed by atoms with E-state index in [4.69, 9.17) is 0 Å². The minimum Gasteiger partial charge on any atom is -0.126 e. The summed E-state index contributed by atoms with van der Waals surface area (Å²) in [5.74, 6) is 0. The number of hydrogen-bond donors (Lipinski definition) is 0. The molecule has 0 radical (unpaired) electrons. The van der Waals surface area contributed by atoms with Crippen molar-refractivity contribution in [2.24, 2.45) is 0 Å². The maximum absolute atomic E-state index is 2.26. The van der Waals surface area contributed by atoms with Crippen LogP contribution in [0.2, 0.25) is 0 Å². The van der Waals surface area contributed by atoms with E-state index in [1.807, 2.05) is 0 Å². The zero-order valence-corrected chi connectivity index (χ0v) is 29.3. The fourth-order valence-corrected chi connectivity index (χ4v) is 6.04. The van der Waals surface area contributed by atoms with Crippen LogP contribution >= 0.6 is 0 Å². The third-order valence-corrected chi connectivity index (χ3v) is 8.78. The molecule has 0 fully saturated rings. The number of rotatable bonds is 3. The van der Waals surface area contributed by atoms with Gasteiger partial charge in [0.15, 0.2) is 0 Å². The van der Waals surface area contributed by atoms with E-state index in [1.165, 1.54) is 76.8 Å². The van der Waals surface area contributed by atoms with Crippen molar-refractivity contribution < 1.29 is 49.0 Å². The molecular formula is C41H36Cl2Zr-2. The van der Waals surface area contributed by atoms with Crippen LogP contribution in [0.5, 0.6) is 0 Å². The third-order valence-electron chi connectivity index (χ3n) is 7.36. The molecule has 220 valence electrons. The Morgan fingerprint density at radius 3 is 1.45 bits per heavy atom. The Hall–Kier alpha value is -3.35. The predicted molar refractivity (Wildman–Crippen MR) is 179 cm³/mol. The van der Waals surface area contributed by atoms with E-state index in [-0.39, 0.29) is 30.2 Å². The van der Waals surface area contributed by atoms with Crippen LogP contribution < -0.4 is 24.8 Å². The Morgan fingerprint density at radius 2 is 0.977 bits per heavy atom. The molecule has 0 saturated carbocycles. The number of benzene rings is 5. The summed E-state index contributed by atoms with van der Waals surface area (Å²) in [7, 11) is 0. The van der Waals surface area contributed by atoms with E-state index >= 15 is 0 Å². The van der Waals surface area contributed by atoms with Gasteiger partial charge in [-0.25, -0.2) is 0 Å². The first-order chi connectivity index (χ1) is 20.4. The molecule has 7 aromatic carbocycles. The molecule has 0 N–H and O–H groups in total. The summed E-state index contributed by atoms with van der Waals surface area (Å²) in [5.41, 5.74) is 6.95. The van der Waals surface area contributed by atoms with E-state index < -0.39 is 0 Å². The van der Waals surface area contributed by atoms with Gasteiger partial charge in [0.2, 0.25) is 0 Å². The number of hydrogen-bond acceptors (Lipinski definition) is 0. The summed E-state index contributed by atoms with van der Waals surface area (Å²) >= 11 is 1.46. The first kappa shape index (κ1) is 35.1. The quantitative estimate of drug-likeness (QED) is 0.232. The number of fused-ring (bicyclic) bond motifs is 3. The van der Waals surface area contributed by atoms with Gasteiger partial charge in [-0.1, -0.05) is 92.6 Å². The van der Waals surface area contributed by atoms with Crippen molar-refractivity contribution in [2.45, 2.75) is 26.2 Å². The molecule has 0 aliphatic heterocycles. The maximum Gasteiger partial charge on any atom is -0.0771 e. The SMILES string of the molecule is CC(C)(C)c1ccccc1-c1ccc[cH-]1.[Cl-].[Cl-].[Zr+2]=[C](c1ccccc1)c1ccccc1.c1ccc2c(c1)[cH-]c1ccccc12. The van der Waals surface area contributed by atoms with Gasteiger partial charge in [0.1, 0.15) is 0 Å². The van der Waals surface area contributed by atoms with Crippen LogP contribution in [0.4, 0.5) is 0 Å². The summed E-state index contributed by atoms with van der Waals surface area (Å²) < 4.78 is 1.42. The summed E-state index contributed by atoms with van der Waals surface area (Å²) in [6.07, 6.45) is 0. The average molecular weight is 691 g/mol. The molecule has 0 saturated heterocycles. The third kappa shape index (κ3) is 8.86. The molecule has 7 aromatic rings. The van der Waals surface area contributed by atoms with Crippen LogP contribution in [-0.2, 0) is 29.7 Å². The van der Waals surface area contributed by atoms with Gasteiger partial charge in [-0.3, -0.25) is 0 Å². The zero-order valence-electron chi connectivity index (χ0n) is 25.3. The van der Waals surface area contributed by atoms with Gasteiger partial charge in [-0.15, -0.1) is 51.4 Å². The Labute approximate surface area is 289 Å². The van der Waals surface area contributed by atoms with Crippen molar-refractivity contribution in [3.8, 4) is 11.1 Å². The molecule has 0 nitrogen and oxygen atoms in total. The van der Waals surface area contributed by atoms with Gasteiger partial charge in [0.25, 0.3) is 0 Å². The van der Waals surface area contributed by atoms with Crippen LogP contribution in [0.3, 0.4) is 0 Å². The fourth-order valence-electron chi connectivity index (χ4n) is 5.22. The van der Waals surface area contributed by atoms with Crippen molar-refractivity contribution in [1.29, 1.82) is 0 Å². The Balaban J connectivity index is 0.000000177. The van der Waals surface area contributed by atoms with Crippen molar-refractivity contribution >= 4 is 24.8 Å². The van der Waals surface area contributed by atoms with Crippen molar-refractivity contribution in [3.05, 3.63) is 180 Å². The molecule has 0 atom stereocenters. The second-order valence-corrected chi connectivity index (χ2v) is 12.6. The largest absolute Gasteiger partial charge is 0.126 e. The molecule has 0 spiro atoms. The van der Waals surface area contributed by atoms with Crippen molar-refractivity contribution in [1.82, 2.24) is 0 Å². The Kier molecular flexibility index (Phi) is 13.3. The topological polar surface area (TPSA) is 0 Å². The van der Waals surface area contributed by atoms with E-state index in [1.54, 1.807) is 0 Å². The predicted octanol–water partition coefficient (Wildman–Crippen LogP) is 4.89. The summed E-state index contributed by atoms with van der Waals surface area (Å²) in [4.78, 5) is 0. The average Bonchev–Trinajstić information content (AvgIpc) is 3.71. The molecule has 0 unspecified atom stereocenters. The standard InChI is InChI=1S/C15H17.C13H9.C13H10.2ClH.Zr/c1-15(2,3)14-11-7-6-10-13(14)12-8-4-5-9-12;1-3-7-12-10(5-1)9-11-6-2-4-8-13(11)12;1-3-7-12(8-4-1)11-13-9-5-2-6-10-13;;;/h4-11H,1-3H3;1-9H;1-10H;2*1H;/q2*-1;;;;+2/p-2. The van der Waals surface area contributed by atoms with Crippen LogP contribution in [0.1, 0.15) is 37.5 Å². The van der Waals surface area contributed by atoms with E-state index in [9.17, 15) is 0 Å². The monoisotopic (exact) mass is 688 g/mol. The molecule has 0 heterocycles. The normalized spacial score (nSPS) is 10.4. The van der Waals surface area contributed by atoms with Crippen LogP contribution in [0.25, 0.3) is 32.7 Å². The molecule has 0 amide bonds. The fraction of sp³-hybridized carbons (Fsp3) is 0.0976. The maximum atomic E-state index is 2.26. The molecular weight excluding hydrogens is 655 g/mol. The zero-order chi connectivity index (χ0) is 29.4. The number of halogens is 2. The van der Waals surface area contributed by atoms with Crippen LogP contribution in [0.15, 0.2) is 164 Å². The summed E-state index contributed by atoms with van der Waals surface area (Å²) in [6, 6.07) is 57.6. The molecule has 0 bridgehead atoms. The summed E-state index contributed by atoms with van der Waals surface area (Å²) in [6.45, 7) is 6.78. The van der Waals surface area contributed by atoms with Crippen molar-refractivity contribution in [2.75, 3.05) is 0 Å². The molecule has 0 aliphatic rings. The molecule has 44 heavy (non-hydrogen) atoms. The first-order valence-corrected chi connectivity index (χ1v) is 15.7. The molecule has 0 aromatic heterocycles. The second kappa shape index (κ2) is 16.6. The van der Waals surface area contributed by atoms with Crippen molar-refractivity contribution in [3.63, 3.8) is 0 Å². The Morgan fingerprint density at radius 1 is 0.523 bits per heavy atom. The van der Waals surface area contributed by atoms with E-state index in [2.05, 4.69) is 185 Å². The minimum absolute atomic E-state index is 0.